The SMILES string of the molecule is CC(O)Cc1c(F)cc(F)c(Cl)c1F. The van der Waals surface area contributed by atoms with Gasteiger partial charge in [0.2, 0.25) is 0 Å². The highest BCUT2D eigenvalue weighted by atomic mass is 35.5. The Hall–Kier alpha value is -0.740. The summed E-state index contributed by atoms with van der Waals surface area (Å²) in [7, 11) is 0. The molecule has 0 bridgehead atoms. The molecule has 0 fully saturated rings. The fraction of sp³-hybridized carbons (Fsp3) is 0.333. The van der Waals surface area contributed by atoms with E-state index in [1.807, 2.05) is 0 Å². The molecule has 1 atom stereocenters. The van der Waals surface area contributed by atoms with E-state index in [0.29, 0.717) is 6.07 Å². The molecule has 0 aromatic heterocycles. The van der Waals surface area contributed by atoms with Gasteiger partial charge in [0.1, 0.15) is 16.7 Å². The second-order valence-electron chi connectivity index (χ2n) is 3.00. The van der Waals surface area contributed by atoms with Crippen molar-refractivity contribution in [3.63, 3.8) is 0 Å². The third kappa shape index (κ3) is 2.19. The van der Waals surface area contributed by atoms with E-state index in [1.165, 1.54) is 6.92 Å². The van der Waals surface area contributed by atoms with Gasteiger partial charge in [-0.2, -0.15) is 0 Å². The van der Waals surface area contributed by atoms with Crippen molar-refractivity contribution < 1.29 is 18.3 Å². The summed E-state index contributed by atoms with van der Waals surface area (Å²) in [6, 6.07) is 0.503. The Balaban J connectivity index is 3.22. The van der Waals surface area contributed by atoms with Gasteiger partial charge in [0, 0.05) is 18.1 Å². The largest absolute Gasteiger partial charge is 0.393 e. The van der Waals surface area contributed by atoms with Crippen LogP contribution in [0.1, 0.15) is 12.5 Å². The smallest absolute Gasteiger partial charge is 0.150 e. The zero-order chi connectivity index (χ0) is 10.9. The quantitative estimate of drug-likeness (QED) is 0.605. The van der Waals surface area contributed by atoms with E-state index in [4.69, 9.17) is 16.7 Å². The van der Waals surface area contributed by atoms with Gasteiger partial charge < -0.3 is 5.11 Å². The standard InChI is InChI=1S/C9H8ClF3O/c1-4(14)2-5-6(11)3-7(12)8(10)9(5)13/h3-4,14H,2H2,1H3. The Labute approximate surface area is 84.1 Å². The molecule has 1 nitrogen and oxygen atoms in total. The van der Waals surface area contributed by atoms with Crippen molar-refractivity contribution in [1.29, 1.82) is 0 Å². The molecule has 0 aliphatic carbocycles. The first kappa shape index (κ1) is 11.3. The van der Waals surface area contributed by atoms with Crippen LogP contribution in [0.4, 0.5) is 13.2 Å². The van der Waals surface area contributed by atoms with Crippen LogP contribution in [-0.2, 0) is 6.42 Å². The van der Waals surface area contributed by atoms with Crippen molar-refractivity contribution in [2.45, 2.75) is 19.4 Å². The van der Waals surface area contributed by atoms with Gasteiger partial charge >= 0.3 is 0 Å². The molecule has 0 spiro atoms. The number of halogens is 4. The average molecular weight is 225 g/mol. The Morgan fingerprint density at radius 1 is 1.36 bits per heavy atom. The third-order valence-corrected chi connectivity index (χ3v) is 2.06. The average Bonchev–Trinajstić information content (AvgIpc) is 2.09. The van der Waals surface area contributed by atoms with Gasteiger partial charge in [0.05, 0.1) is 6.10 Å². The molecule has 1 aromatic rings. The maximum Gasteiger partial charge on any atom is 0.150 e. The van der Waals surface area contributed by atoms with E-state index in [2.05, 4.69) is 0 Å². The molecule has 0 saturated heterocycles. The lowest BCUT2D eigenvalue weighted by Crippen LogP contribution is -2.09. The first-order valence-corrected chi connectivity index (χ1v) is 4.31. The monoisotopic (exact) mass is 224 g/mol. The summed E-state index contributed by atoms with van der Waals surface area (Å²) in [5, 5.41) is 8.20. The molecule has 0 saturated carbocycles. The van der Waals surface area contributed by atoms with Crippen molar-refractivity contribution in [1.82, 2.24) is 0 Å². The molecule has 1 aromatic carbocycles. The fourth-order valence-electron chi connectivity index (χ4n) is 1.09. The van der Waals surface area contributed by atoms with Crippen LogP contribution >= 0.6 is 11.6 Å². The Kier molecular flexibility index (Phi) is 3.39. The van der Waals surface area contributed by atoms with E-state index in [9.17, 15) is 13.2 Å². The minimum atomic E-state index is -1.15. The summed E-state index contributed by atoms with van der Waals surface area (Å²) >= 11 is 5.24. The topological polar surface area (TPSA) is 20.2 Å². The second-order valence-corrected chi connectivity index (χ2v) is 3.38. The van der Waals surface area contributed by atoms with Gasteiger partial charge in [0.25, 0.3) is 0 Å². The van der Waals surface area contributed by atoms with E-state index < -0.39 is 34.1 Å². The highest BCUT2D eigenvalue weighted by molar-refractivity contribution is 6.30. The molecule has 0 aliphatic heterocycles. The van der Waals surface area contributed by atoms with E-state index >= 15 is 0 Å². The zero-order valence-corrected chi connectivity index (χ0v) is 8.08. The van der Waals surface area contributed by atoms with Gasteiger partial charge in [-0.1, -0.05) is 11.6 Å². The van der Waals surface area contributed by atoms with Crippen LogP contribution in [0.3, 0.4) is 0 Å². The molecule has 0 aliphatic rings. The van der Waals surface area contributed by atoms with Gasteiger partial charge in [-0.05, 0) is 6.92 Å². The highest BCUT2D eigenvalue weighted by Crippen LogP contribution is 2.25. The lowest BCUT2D eigenvalue weighted by molar-refractivity contribution is 0.192. The maximum absolute atomic E-state index is 13.2. The number of aliphatic hydroxyl groups is 1. The van der Waals surface area contributed by atoms with Gasteiger partial charge in [-0.25, -0.2) is 13.2 Å². The lowest BCUT2D eigenvalue weighted by atomic mass is 10.1. The summed E-state index contributed by atoms with van der Waals surface area (Å²) in [5.41, 5.74) is -0.397. The summed E-state index contributed by atoms with van der Waals surface area (Å²) in [6.45, 7) is 1.37. The summed E-state index contributed by atoms with van der Waals surface area (Å²) in [4.78, 5) is 0. The number of hydrogen-bond acceptors (Lipinski definition) is 1. The first-order chi connectivity index (χ1) is 6.43. The molecule has 78 valence electrons. The molecule has 0 heterocycles. The number of benzene rings is 1. The Morgan fingerprint density at radius 2 is 1.93 bits per heavy atom. The molecule has 14 heavy (non-hydrogen) atoms. The molecule has 1 unspecified atom stereocenters. The molecular formula is C9H8ClF3O. The molecule has 5 heteroatoms. The molecule has 1 rings (SSSR count). The van der Waals surface area contributed by atoms with Crippen LogP contribution < -0.4 is 0 Å². The van der Waals surface area contributed by atoms with Gasteiger partial charge in [0.15, 0.2) is 5.82 Å². The predicted molar refractivity (Wildman–Crippen MR) is 46.7 cm³/mol. The van der Waals surface area contributed by atoms with Crippen LogP contribution in [-0.4, -0.2) is 11.2 Å². The first-order valence-electron chi connectivity index (χ1n) is 3.93. The molecule has 0 radical (unpaired) electrons. The van der Waals surface area contributed by atoms with Crippen molar-refractivity contribution in [2.24, 2.45) is 0 Å². The van der Waals surface area contributed by atoms with Crippen molar-refractivity contribution in [3.8, 4) is 0 Å². The summed E-state index contributed by atoms with van der Waals surface area (Å²) in [5.74, 6) is -3.33. The Bertz CT molecular complexity index is 352. The lowest BCUT2D eigenvalue weighted by Gasteiger charge is -2.08. The maximum atomic E-state index is 13.2. The highest BCUT2D eigenvalue weighted by Gasteiger charge is 2.18. The van der Waals surface area contributed by atoms with Crippen molar-refractivity contribution in [2.75, 3.05) is 0 Å². The zero-order valence-electron chi connectivity index (χ0n) is 7.32. The van der Waals surface area contributed by atoms with Crippen LogP contribution in [0.5, 0.6) is 0 Å². The number of rotatable bonds is 2. The molecule has 1 N–H and O–H groups in total. The second kappa shape index (κ2) is 4.19. The molecular weight excluding hydrogens is 217 g/mol. The normalized spacial score (nSPS) is 13.0. The van der Waals surface area contributed by atoms with Crippen LogP contribution in [0.25, 0.3) is 0 Å². The van der Waals surface area contributed by atoms with Gasteiger partial charge in [-0.15, -0.1) is 0 Å². The third-order valence-electron chi connectivity index (χ3n) is 1.71. The fourth-order valence-corrected chi connectivity index (χ4v) is 1.26. The minimum Gasteiger partial charge on any atom is -0.393 e. The minimum absolute atomic E-state index is 0.238. The Morgan fingerprint density at radius 3 is 2.43 bits per heavy atom. The predicted octanol–water partition coefficient (Wildman–Crippen LogP) is 2.68. The van der Waals surface area contributed by atoms with Crippen LogP contribution in [0, 0.1) is 17.5 Å². The summed E-state index contributed by atoms with van der Waals surface area (Å²) in [6.07, 6.45) is -1.15. The molecule has 0 amide bonds. The van der Waals surface area contributed by atoms with Crippen molar-refractivity contribution >= 4 is 11.6 Å². The van der Waals surface area contributed by atoms with E-state index in [0.717, 1.165) is 0 Å². The van der Waals surface area contributed by atoms with E-state index in [-0.39, 0.29) is 6.42 Å². The van der Waals surface area contributed by atoms with E-state index in [1.54, 1.807) is 0 Å². The van der Waals surface area contributed by atoms with Crippen LogP contribution in [0.15, 0.2) is 6.07 Å². The van der Waals surface area contributed by atoms with Crippen molar-refractivity contribution in [3.05, 3.63) is 34.1 Å². The van der Waals surface area contributed by atoms with Crippen LogP contribution in [0.2, 0.25) is 5.02 Å². The number of hydrogen-bond donors (Lipinski definition) is 1. The van der Waals surface area contributed by atoms with Gasteiger partial charge in [-0.3, -0.25) is 0 Å². The number of aliphatic hydroxyl groups excluding tert-OH is 1. The summed E-state index contributed by atoms with van der Waals surface area (Å²) < 4.78 is 38.8.